The summed E-state index contributed by atoms with van der Waals surface area (Å²) >= 11 is 3.49. The molecule has 0 fully saturated rings. The van der Waals surface area contributed by atoms with E-state index in [1.54, 1.807) is 0 Å². The average Bonchev–Trinajstić information content (AvgIpc) is 3.25. The summed E-state index contributed by atoms with van der Waals surface area (Å²) in [5.74, 6) is -0.211. The summed E-state index contributed by atoms with van der Waals surface area (Å²) in [4.78, 5) is 12.1. The van der Waals surface area contributed by atoms with Crippen LogP contribution in [0.1, 0.15) is 47.6 Å². The van der Waals surface area contributed by atoms with Crippen LogP contribution < -0.4 is 5.32 Å². The number of alkyl halides is 2. The van der Waals surface area contributed by atoms with Gasteiger partial charge in [0.2, 0.25) is 5.91 Å². The lowest BCUT2D eigenvalue weighted by Crippen LogP contribution is -2.30. The molecule has 0 aromatic carbocycles. The highest BCUT2D eigenvalue weighted by Gasteiger charge is 2.27. The topological polar surface area (TPSA) is 64.7 Å². The predicted octanol–water partition coefficient (Wildman–Crippen LogP) is 3.09. The van der Waals surface area contributed by atoms with Crippen LogP contribution in [0.25, 0.3) is 0 Å². The second kappa shape index (κ2) is 7.85. The monoisotopic (exact) mass is 429 g/mol. The normalized spacial score (nSPS) is 13.5. The van der Waals surface area contributed by atoms with Crippen LogP contribution in [0.4, 0.5) is 8.78 Å². The third kappa shape index (κ3) is 3.82. The minimum Gasteiger partial charge on any atom is -0.354 e. The van der Waals surface area contributed by atoms with E-state index in [4.69, 9.17) is 0 Å². The van der Waals surface area contributed by atoms with E-state index in [1.807, 2.05) is 18.5 Å². The summed E-state index contributed by atoms with van der Waals surface area (Å²) in [5, 5.41) is 11.2. The number of nitrogens with one attached hydrogen (secondary N) is 1. The number of carbonyl (C=O) groups is 1. The third-order valence-electron chi connectivity index (χ3n) is 4.70. The van der Waals surface area contributed by atoms with Crippen molar-refractivity contribution in [1.29, 1.82) is 0 Å². The highest BCUT2D eigenvalue weighted by molar-refractivity contribution is 9.10. The highest BCUT2D eigenvalue weighted by Crippen LogP contribution is 2.31. The van der Waals surface area contributed by atoms with Crippen molar-refractivity contribution < 1.29 is 13.6 Å². The Morgan fingerprint density at radius 3 is 2.69 bits per heavy atom. The van der Waals surface area contributed by atoms with Gasteiger partial charge in [0.1, 0.15) is 12.2 Å². The zero-order valence-corrected chi connectivity index (χ0v) is 16.4. The second-order valence-electron chi connectivity index (χ2n) is 6.53. The quantitative estimate of drug-likeness (QED) is 0.687. The molecule has 2 aromatic heterocycles. The van der Waals surface area contributed by atoms with E-state index < -0.39 is 6.43 Å². The van der Waals surface area contributed by atoms with Crippen LogP contribution >= 0.6 is 15.9 Å². The molecule has 2 heterocycles. The fraction of sp³-hybridized carbons (Fsp3) is 0.588. The number of fused-ring (bicyclic) bond motifs is 1. The number of aromatic nitrogens is 4. The van der Waals surface area contributed by atoms with E-state index in [9.17, 15) is 13.6 Å². The molecule has 1 N–H and O–H groups in total. The first-order chi connectivity index (χ1) is 12.4. The number of rotatable bonds is 7. The summed E-state index contributed by atoms with van der Waals surface area (Å²) in [7, 11) is 0. The Bertz CT molecular complexity index is 815. The molecule has 0 saturated heterocycles. The second-order valence-corrected chi connectivity index (χ2v) is 7.33. The van der Waals surface area contributed by atoms with Gasteiger partial charge in [-0.05, 0) is 55.5 Å². The van der Waals surface area contributed by atoms with Gasteiger partial charge in [-0.2, -0.15) is 10.2 Å². The van der Waals surface area contributed by atoms with Crippen molar-refractivity contribution in [2.45, 2.75) is 59.0 Å². The van der Waals surface area contributed by atoms with Crippen LogP contribution in [0, 0.1) is 13.8 Å². The summed E-state index contributed by atoms with van der Waals surface area (Å²) < 4.78 is 30.5. The van der Waals surface area contributed by atoms with Crippen molar-refractivity contribution in [2.24, 2.45) is 0 Å². The fourth-order valence-corrected chi connectivity index (χ4v) is 3.67. The Labute approximate surface area is 159 Å². The number of amides is 1. The molecule has 142 valence electrons. The molecule has 1 amide bonds. The maximum absolute atomic E-state index is 13.1. The zero-order valence-electron chi connectivity index (χ0n) is 14.9. The SMILES string of the molecule is Cc1nn(CCCNC(=O)Cn2nc(C(F)F)c3c2CCC3)c(C)c1Br. The molecule has 0 aliphatic heterocycles. The fourth-order valence-electron chi connectivity index (χ4n) is 3.39. The smallest absolute Gasteiger partial charge is 0.282 e. The van der Waals surface area contributed by atoms with Gasteiger partial charge in [0.05, 0.1) is 10.2 Å². The lowest BCUT2D eigenvalue weighted by molar-refractivity contribution is -0.121. The Kier molecular flexibility index (Phi) is 5.74. The summed E-state index contributed by atoms with van der Waals surface area (Å²) in [6, 6.07) is 0. The molecule has 0 saturated carbocycles. The minimum absolute atomic E-state index is 0.0134. The van der Waals surface area contributed by atoms with Crippen LogP contribution in [0.2, 0.25) is 0 Å². The van der Waals surface area contributed by atoms with Crippen molar-refractivity contribution in [3.8, 4) is 0 Å². The van der Waals surface area contributed by atoms with Gasteiger partial charge in [-0.25, -0.2) is 8.78 Å². The number of aryl methyl sites for hydroxylation is 2. The molecule has 0 atom stereocenters. The van der Waals surface area contributed by atoms with E-state index >= 15 is 0 Å². The summed E-state index contributed by atoms with van der Waals surface area (Å²) in [5.41, 5.74) is 3.24. The lowest BCUT2D eigenvalue weighted by Gasteiger charge is -2.08. The van der Waals surface area contributed by atoms with Gasteiger partial charge in [0.15, 0.2) is 0 Å². The van der Waals surface area contributed by atoms with Crippen LogP contribution in [0.15, 0.2) is 4.47 Å². The molecule has 9 heteroatoms. The van der Waals surface area contributed by atoms with E-state index in [0.29, 0.717) is 31.5 Å². The zero-order chi connectivity index (χ0) is 18.8. The average molecular weight is 430 g/mol. The van der Waals surface area contributed by atoms with Gasteiger partial charge in [-0.1, -0.05) is 0 Å². The molecule has 1 aliphatic carbocycles. The van der Waals surface area contributed by atoms with Gasteiger partial charge in [0.25, 0.3) is 6.43 Å². The Morgan fingerprint density at radius 1 is 1.27 bits per heavy atom. The highest BCUT2D eigenvalue weighted by atomic mass is 79.9. The molecule has 0 radical (unpaired) electrons. The van der Waals surface area contributed by atoms with Crippen LogP contribution in [-0.4, -0.2) is 32.0 Å². The van der Waals surface area contributed by atoms with Gasteiger partial charge >= 0.3 is 0 Å². The molecule has 3 rings (SSSR count). The Balaban J connectivity index is 1.51. The molecule has 0 bridgehead atoms. The number of hydrogen-bond donors (Lipinski definition) is 1. The first kappa shape index (κ1) is 19.0. The maximum atomic E-state index is 13.1. The number of carbonyl (C=O) groups excluding carboxylic acids is 1. The van der Waals surface area contributed by atoms with Crippen molar-refractivity contribution in [3.63, 3.8) is 0 Å². The van der Waals surface area contributed by atoms with E-state index in [-0.39, 0.29) is 18.1 Å². The van der Waals surface area contributed by atoms with Crippen molar-refractivity contribution in [3.05, 3.63) is 32.8 Å². The first-order valence-electron chi connectivity index (χ1n) is 8.71. The lowest BCUT2D eigenvalue weighted by atomic mass is 10.2. The molecule has 26 heavy (non-hydrogen) atoms. The van der Waals surface area contributed by atoms with Gasteiger partial charge in [-0.15, -0.1) is 0 Å². The Morgan fingerprint density at radius 2 is 2.04 bits per heavy atom. The third-order valence-corrected chi connectivity index (χ3v) is 5.85. The van der Waals surface area contributed by atoms with Crippen LogP contribution in [-0.2, 0) is 30.7 Å². The van der Waals surface area contributed by atoms with Crippen molar-refractivity contribution in [1.82, 2.24) is 24.9 Å². The first-order valence-corrected chi connectivity index (χ1v) is 9.50. The predicted molar refractivity (Wildman–Crippen MR) is 96.2 cm³/mol. The molecular weight excluding hydrogens is 408 g/mol. The number of halogens is 3. The van der Waals surface area contributed by atoms with E-state index in [1.165, 1.54) is 4.68 Å². The van der Waals surface area contributed by atoms with Gasteiger partial charge in [-0.3, -0.25) is 14.2 Å². The number of hydrogen-bond acceptors (Lipinski definition) is 3. The largest absolute Gasteiger partial charge is 0.354 e. The standard InChI is InChI=1S/C17H22BrF2N5O/c1-10-15(18)11(2)24(22-10)8-4-7-21-14(26)9-25-13-6-3-5-12(13)16(23-25)17(19)20/h17H,3-9H2,1-2H3,(H,21,26). The van der Waals surface area contributed by atoms with Crippen LogP contribution in [0.5, 0.6) is 0 Å². The van der Waals surface area contributed by atoms with Crippen molar-refractivity contribution in [2.75, 3.05) is 6.54 Å². The molecule has 6 nitrogen and oxygen atoms in total. The van der Waals surface area contributed by atoms with Crippen molar-refractivity contribution >= 4 is 21.8 Å². The molecule has 0 spiro atoms. The van der Waals surface area contributed by atoms with E-state index in [2.05, 4.69) is 31.4 Å². The van der Waals surface area contributed by atoms with Gasteiger partial charge in [0, 0.05) is 30.0 Å². The minimum atomic E-state index is -2.59. The van der Waals surface area contributed by atoms with Gasteiger partial charge < -0.3 is 5.32 Å². The Hall–Kier alpha value is -1.77. The molecule has 0 unspecified atom stereocenters. The van der Waals surface area contributed by atoms with Crippen LogP contribution in [0.3, 0.4) is 0 Å². The number of nitrogens with zero attached hydrogens (tertiary/aromatic N) is 4. The molecular formula is C17H22BrF2N5O. The maximum Gasteiger partial charge on any atom is 0.282 e. The van der Waals surface area contributed by atoms with E-state index in [0.717, 1.165) is 34.4 Å². The summed E-state index contributed by atoms with van der Waals surface area (Å²) in [6.45, 7) is 5.11. The molecule has 1 aliphatic rings. The molecule has 2 aromatic rings. The summed E-state index contributed by atoms with van der Waals surface area (Å²) in [6.07, 6.45) is 0.308.